The maximum absolute atomic E-state index is 11.3. The lowest BCUT2D eigenvalue weighted by molar-refractivity contribution is -0.119. The molecule has 1 aliphatic carbocycles. The first-order valence-electron chi connectivity index (χ1n) is 12.2. The summed E-state index contributed by atoms with van der Waals surface area (Å²) in [6.45, 7) is 2.83. The van der Waals surface area contributed by atoms with Crippen molar-refractivity contribution >= 4 is 17.2 Å². The number of nitrogens with zero attached hydrogens (tertiary/aromatic N) is 3. The predicted molar refractivity (Wildman–Crippen MR) is 137 cm³/mol. The van der Waals surface area contributed by atoms with E-state index in [2.05, 4.69) is 26.8 Å². The van der Waals surface area contributed by atoms with Crippen molar-refractivity contribution in [2.24, 2.45) is 5.92 Å². The third-order valence-electron chi connectivity index (χ3n) is 6.82. The zero-order valence-electron chi connectivity index (χ0n) is 20.0. The molecule has 1 fully saturated rings. The highest BCUT2D eigenvalue weighted by Crippen LogP contribution is 2.38. The van der Waals surface area contributed by atoms with Gasteiger partial charge in [0.15, 0.2) is 0 Å². The first-order chi connectivity index (χ1) is 17.1. The van der Waals surface area contributed by atoms with E-state index in [1.165, 1.54) is 0 Å². The Bertz CT molecular complexity index is 1310. The van der Waals surface area contributed by atoms with E-state index in [9.17, 15) is 4.79 Å². The van der Waals surface area contributed by atoms with Crippen LogP contribution in [0.4, 0.5) is 5.82 Å². The highest BCUT2D eigenvalue weighted by molar-refractivity contribution is 5.85. The van der Waals surface area contributed by atoms with E-state index in [1.54, 1.807) is 13.1 Å². The largest absolute Gasteiger partial charge is 0.489 e. The van der Waals surface area contributed by atoms with Gasteiger partial charge < -0.3 is 15.8 Å². The molecule has 0 bridgehead atoms. The van der Waals surface area contributed by atoms with Gasteiger partial charge in [0, 0.05) is 37.3 Å². The van der Waals surface area contributed by atoms with Crippen LogP contribution in [0.15, 0.2) is 67.0 Å². The van der Waals surface area contributed by atoms with Crippen molar-refractivity contribution in [2.75, 3.05) is 12.3 Å². The van der Waals surface area contributed by atoms with E-state index in [4.69, 9.17) is 15.5 Å². The van der Waals surface area contributed by atoms with Crippen LogP contribution in [0, 0.1) is 5.92 Å². The SMILES string of the molecule is CC(=O)NCC1CCC(c2nc(-c3cccc(OCc4ccccc4)c3)c3c(N)nccn23)CC1. The Kier molecular flexibility index (Phi) is 6.66. The van der Waals surface area contributed by atoms with Crippen LogP contribution < -0.4 is 15.8 Å². The molecule has 0 spiro atoms. The van der Waals surface area contributed by atoms with Crippen molar-refractivity contribution in [3.8, 4) is 17.0 Å². The molecule has 1 amide bonds. The van der Waals surface area contributed by atoms with Crippen molar-refractivity contribution in [1.82, 2.24) is 19.7 Å². The number of hydrogen-bond acceptors (Lipinski definition) is 5. The molecule has 0 saturated heterocycles. The number of aromatic nitrogens is 3. The lowest BCUT2D eigenvalue weighted by atomic mass is 9.81. The molecule has 4 aromatic rings. The van der Waals surface area contributed by atoms with Crippen molar-refractivity contribution in [3.63, 3.8) is 0 Å². The van der Waals surface area contributed by atoms with Gasteiger partial charge in [-0.15, -0.1) is 0 Å². The van der Waals surface area contributed by atoms with Gasteiger partial charge >= 0.3 is 0 Å². The smallest absolute Gasteiger partial charge is 0.216 e. The highest BCUT2D eigenvalue weighted by Gasteiger charge is 2.27. The number of nitrogens with two attached hydrogens (primary N) is 1. The van der Waals surface area contributed by atoms with Crippen LogP contribution in [-0.4, -0.2) is 26.8 Å². The summed E-state index contributed by atoms with van der Waals surface area (Å²) in [6, 6.07) is 18.1. The Labute approximate surface area is 205 Å². The molecule has 1 saturated carbocycles. The van der Waals surface area contributed by atoms with Gasteiger partial charge in [0.2, 0.25) is 5.91 Å². The lowest BCUT2D eigenvalue weighted by Gasteiger charge is -2.27. The average molecular weight is 470 g/mol. The van der Waals surface area contributed by atoms with Crippen molar-refractivity contribution in [2.45, 2.75) is 45.1 Å². The third-order valence-corrected chi connectivity index (χ3v) is 6.82. The maximum atomic E-state index is 11.3. The fraction of sp³-hybridized carbons (Fsp3) is 0.321. The number of carbonyl (C=O) groups excluding carboxylic acids is 1. The molecule has 0 radical (unpaired) electrons. The van der Waals surface area contributed by atoms with Gasteiger partial charge in [-0.25, -0.2) is 9.97 Å². The number of carbonyl (C=O) groups is 1. The molecule has 7 nitrogen and oxygen atoms in total. The van der Waals surface area contributed by atoms with E-state index in [-0.39, 0.29) is 5.91 Å². The van der Waals surface area contributed by atoms with Crippen LogP contribution in [0.2, 0.25) is 0 Å². The fourth-order valence-corrected chi connectivity index (χ4v) is 4.96. The van der Waals surface area contributed by atoms with Gasteiger partial charge in [-0.05, 0) is 49.3 Å². The lowest BCUT2D eigenvalue weighted by Crippen LogP contribution is -2.29. The third kappa shape index (κ3) is 5.14. The summed E-state index contributed by atoms with van der Waals surface area (Å²) in [6.07, 6.45) is 7.89. The number of imidazole rings is 1. The molecule has 2 aromatic carbocycles. The summed E-state index contributed by atoms with van der Waals surface area (Å²) in [5, 5.41) is 2.96. The molecule has 0 unspecified atom stereocenters. The summed E-state index contributed by atoms with van der Waals surface area (Å²) < 4.78 is 8.16. The van der Waals surface area contributed by atoms with Crippen molar-refractivity contribution in [1.29, 1.82) is 0 Å². The van der Waals surface area contributed by atoms with Crippen LogP contribution in [0.1, 0.15) is 49.9 Å². The van der Waals surface area contributed by atoms with Crippen LogP contribution in [0.5, 0.6) is 5.75 Å². The topological polar surface area (TPSA) is 94.5 Å². The van der Waals surface area contributed by atoms with Crippen LogP contribution in [0.3, 0.4) is 0 Å². The Morgan fingerprint density at radius 1 is 1.11 bits per heavy atom. The van der Waals surface area contributed by atoms with Gasteiger partial charge in [0.05, 0.1) is 0 Å². The number of benzene rings is 2. The molecule has 180 valence electrons. The van der Waals surface area contributed by atoms with Gasteiger partial charge in [-0.2, -0.15) is 0 Å². The molecule has 1 aliphatic rings. The molecule has 2 aromatic heterocycles. The Balaban J connectivity index is 1.40. The van der Waals surface area contributed by atoms with Crippen LogP contribution in [-0.2, 0) is 11.4 Å². The Morgan fingerprint density at radius 2 is 1.91 bits per heavy atom. The van der Waals surface area contributed by atoms with E-state index in [0.29, 0.717) is 24.3 Å². The minimum Gasteiger partial charge on any atom is -0.489 e. The molecule has 7 heteroatoms. The van der Waals surface area contributed by atoms with Gasteiger partial charge in [-0.3, -0.25) is 9.20 Å². The van der Waals surface area contributed by atoms with E-state index in [1.807, 2.05) is 48.7 Å². The standard InChI is InChI=1S/C28H31N5O2/c1-19(34)31-17-20-10-12-22(13-11-20)28-32-25(26-27(29)30-14-15-33(26)28)23-8-5-9-24(16-23)35-18-21-6-3-2-4-7-21/h2-9,14-16,20,22H,10-13,17-18H2,1H3,(H2,29,30)(H,31,34). The highest BCUT2D eigenvalue weighted by atomic mass is 16.5. The normalized spacial score (nSPS) is 17.9. The van der Waals surface area contributed by atoms with E-state index >= 15 is 0 Å². The Morgan fingerprint density at radius 3 is 2.69 bits per heavy atom. The maximum Gasteiger partial charge on any atom is 0.216 e. The molecule has 2 heterocycles. The van der Waals surface area contributed by atoms with Gasteiger partial charge in [-0.1, -0.05) is 42.5 Å². The zero-order valence-corrected chi connectivity index (χ0v) is 20.0. The fourth-order valence-electron chi connectivity index (χ4n) is 4.96. The first-order valence-corrected chi connectivity index (χ1v) is 12.2. The molecule has 5 rings (SSSR count). The number of nitrogen functional groups attached to an aromatic ring is 1. The Hall–Kier alpha value is -3.87. The predicted octanol–water partition coefficient (Wildman–Crippen LogP) is 4.97. The molecule has 35 heavy (non-hydrogen) atoms. The zero-order chi connectivity index (χ0) is 24.2. The molecule has 0 atom stereocenters. The number of amides is 1. The van der Waals surface area contributed by atoms with E-state index < -0.39 is 0 Å². The van der Waals surface area contributed by atoms with Gasteiger partial charge in [0.1, 0.15) is 35.2 Å². The minimum absolute atomic E-state index is 0.0361. The second-order valence-corrected chi connectivity index (χ2v) is 9.31. The number of nitrogens with one attached hydrogen (secondary N) is 1. The first kappa shape index (κ1) is 22.9. The molecule has 3 N–H and O–H groups in total. The minimum atomic E-state index is 0.0361. The molecular weight excluding hydrogens is 438 g/mol. The van der Waals surface area contributed by atoms with Crippen LogP contribution >= 0.6 is 0 Å². The second kappa shape index (κ2) is 10.2. The molecular formula is C28H31N5O2. The van der Waals surface area contributed by atoms with Crippen LogP contribution in [0.25, 0.3) is 16.8 Å². The monoisotopic (exact) mass is 469 g/mol. The number of fused-ring (bicyclic) bond motifs is 1. The van der Waals surface area contributed by atoms with Crippen molar-refractivity contribution in [3.05, 3.63) is 78.4 Å². The summed E-state index contributed by atoms with van der Waals surface area (Å²) in [7, 11) is 0. The number of hydrogen-bond donors (Lipinski definition) is 2. The summed E-state index contributed by atoms with van der Waals surface area (Å²) >= 11 is 0. The second-order valence-electron chi connectivity index (χ2n) is 9.31. The quantitative estimate of drug-likeness (QED) is 0.399. The average Bonchev–Trinajstić information content (AvgIpc) is 3.28. The van der Waals surface area contributed by atoms with Crippen molar-refractivity contribution < 1.29 is 9.53 Å². The van der Waals surface area contributed by atoms with Gasteiger partial charge in [0.25, 0.3) is 0 Å². The summed E-state index contributed by atoms with van der Waals surface area (Å²) in [4.78, 5) is 20.7. The number of ether oxygens (including phenoxy) is 1. The number of rotatable bonds is 7. The number of anilines is 1. The summed E-state index contributed by atoms with van der Waals surface area (Å²) in [5.74, 6) is 3.17. The molecule has 0 aliphatic heterocycles. The van der Waals surface area contributed by atoms with E-state index in [0.717, 1.165) is 66.1 Å². The summed E-state index contributed by atoms with van der Waals surface area (Å²) in [5.41, 5.74) is 10.1.